The first kappa shape index (κ1) is 34.9. The third-order valence-corrected chi connectivity index (χ3v) is 11.0. The number of benzene rings is 4. The molecule has 0 saturated carbocycles. The number of phenolic OH excluding ortho intramolecular Hbond substituents is 3. The van der Waals surface area contributed by atoms with E-state index in [9.17, 15) is 24.9 Å². The zero-order chi connectivity index (χ0) is 37.4. The van der Waals surface area contributed by atoms with E-state index in [0.717, 1.165) is 0 Å². The van der Waals surface area contributed by atoms with Crippen LogP contribution in [-0.2, 0) is 40.2 Å². The molecule has 4 aromatic rings. The van der Waals surface area contributed by atoms with Crippen LogP contribution in [0.1, 0.15) is 79.6 Å². The fraction of sp³-hybridized carbons (Fsp3) is 0.366. The molecule has 0 aromatic heterocycles. The summed E-state index contributed by atoms with van der Waals surface area (Å²) in [6.07, 6.45) is 1.45. The molecule has 2 saturated heterocycles. The molecule has 4 aliphatic heterocycles. The highest BCUT2D eigenvalue weighted by molar-refractivity contribution is 5.99. The average molecular weight is 724 g/mol. The number of anilines is 1. The lowest BCUT2D eigenvalue weighted by molar-refractivity contribution is -0.628. The van der Waals surface area contributed by atoms with Crippen LogP contribution in [0.15, 0.2) is 78.9 Å². The van der Waals surface area contributed by atoms with E-state index >= 15 is 0 Å². The molecule has 12 nitrogen and oxygen atoms in total. The van der Waals surface area contributed by atoms with Crippen molar-refractivity contribution in [3.05, 3.63) is 107 Å². The van der Waals surface area contributed by atoms with Gasteiger partial charge in [-0.05, 0) is 61.4 Å². The SMILES string of the molecule is CC(C)(COCCCCC(=O)Nc1ccc2c(c1)C(=O)OC21c2ccc(O)cc2Oc2cc(O)ccc21)C12OOC1(c1cccc(O)c1)OCC2(C)C. The molecule has 2 unspecified atom stereocenters. The van der Waals surface area contributed by atoms with Gasteiger partial charge in [0.2, 0.25) is 5.91 Å². The van der Waals surface area contributed by atoms with Gasteiger partial charge in [0.05, 0.1) is 18.8 Å². The normalized spacial score (nSPS) is 22.8. The van der Waals surface area contributed by atoms with Crippen molar-refractivity contribution in [3.8, 4) is 28.7 Å². The number of rotatable bonds is 10. The monoisotopic (exact) mass is 723 g/mol. The molecule has 4 aromatic carbocycles. The third-order valence-electron chi connectivity index (χ3n) is 11.0. The Labute approximate surface area is 306 Å². The fourth-order valence-electron chi connectivity index (χ4n) is 8.71. The Kier molecular flexibility index (Phi) is 8.04. The van der Waals surface area contributed by atoms with Crippen molar-refractivity contribution in [2.75, 3.05) is 25.1 Å². The topological polar surface area (TPSA) is 162 Å². The van der Waals surface area contributed by atoms with Gasteiger partial charge in [-0.2, -0.15) is 4.89 Å². The van der Waals surface area contributed by atoms with Crippen LogP contribution in [0.4, 0.5) is 5.69 Å². The summed E-state index contributed by atoms with van der Waals surface area (Å²) < 4.78 is 24.6. The lowest BCUT2D eigenvalue weighted by Crippen LogP contribution is -2.74. The van der Waals surface area contributed by atoms with E-state index in [-0.39, 0.29) is 46.6 Å². The number of amides is 1. The maximum absolute atomic E-state index is 13.4. The van der Waals surface area contributed by atoms with E-state index in [2.05, 4.69) is 33.0 Å². The second-order valence-corrected chi connectivity index (χ2v) is 15.4. The summed E-state index contributed by atoms with van der Waals surface area (Å²) >= 11 is 0. The molecule has 2 fully saturated rings. The van der Waals surface area contributed by atoms with Crippen LogP contribution in [-0.4, -0.2) is 52.6 Å². The highest BCUT2D eigenvalue weighted by Gasteiger charge is 2.82. The van der Waals surface area contributed by atoms with Gasteiger partial charge in [-0.3, -0.25) is 4.79 Å². The van der Waals surface area contributed by atoms with E-state index in [1.54, 1.807) is 48.5 Å². The summed E-state index contributed by atoms with van der Waals surface area (Å²) in [6, 6.07) is 21.0. The Morgan fingerprint density at radius 3 is 2.19 bits per heavy atom. The number of phenols is 3. The molecule has 4 heterocycles. The number of fused-ring (bicyclic) bond motifs is 7. The third kappa shape index (κ3) is 5.11. The number of hydrogen-bond acceptors (Lipinski definition) is 11. The van der Waals surface area contributed by atoms with Crippen LogP contribution in [0.25, 0.3) is 0 Å². The molecule has 276 valence electrons. The molecule has 0 aliphatic carbocycles. The van der Waals surface area contributed by atoms with Crippen molar-refractivity contribution in [2.24, 2.45) is 10.8 Å². The predicted octanol–water partition coefficient (Wildman–Crippen LogP) is 7.13. The molecule has 2 atom stereocenters. The number of hydrogen-bond donors (Lipinski definition) is 4. The number of aromatic hydroxyl groups is 3. The highest BCUT2D eigenvalue weighted by Crippen LogP contribution is 2.69. The first-order valence-electron chi connectivity index (χ1n) is 17.6. The number of carbonyl (C=O) groups is 2. The Morgan fingerprint density at radius 2 is 1.53 bits per heavy atom. The van der Waals surface area contributed by atoms with Crippen LogP contribution in [0.5, 0.6) is 28.7 Å². The minimum Gasteiger partial charge on any atom is -0.508 e. The maximum Gasteiger partial charge on any atom is 0.340 e. The molecule has 0 bridgehead atoms. The Morgan fingerprint density at radius 1 is 0.849 bits per heavy atom. The van der Waals surface area contributed by atoms with E-state index < -0.39 is 33.8 Å². The molecular weight excluding hydrogens is 682 g/mol. The number of ether oxygens (including phenoxy) is 4. The Bertz CT molecular complexity index is 2090. The first-order chi connectivity index (χ1) is 25.2. The molecule has 8 rings (SSSR count). The molecule has 0 radical (unpaired) electrons. The molecular formula is C41H41NO11. The smallest absolute Gasteiger partial charge is 0.340 e. The molecule has 1 amide bonds. The van der Waals surface area contributed by atoms with Gasteiger partial charge in [0.15, 0.2) is 11.2 Å². The largest absolute Gasteiger partial charge is 0.508 e. The van der Waals surface area contributed by atoms with Gasteiger partial charge in [0.1, 0.15) is 28.7 Å². The van der Waals surface area contributed by atoms with Crippen molar-refractivity contribution in [2.45, 2.75) is 63.9 Å². The standard InChI is InChI=1S/C41H41NO11/c1-37(2,41-38(3,4)23-49-40(41,52-53-41)24-8-7-9-26(43)18-24)22-48-17-6-5-10-35(46)42-25-11-14-30-29(19-25)36(47)51-39(30)31-15-12-27(44)20-33(31)50-34-21-28(45)13-16-32(34)39/h7-9,11-16,18-21,43-45H,5-6,10,17,22-23H2,1-4H3,(H,42,46). The lowest BCUT2D eigenvalue weighted by atomic mass is 9.57. The fourth-order valence-corrected chi connectivity index (χ4v) is 8.71. The summed E-state index contributed by atoms with van der Waals surface area (Å²) in [5, 5.41) is 33.4. The van der Waals surface area contributed by atoms with E-state index in [0.29, 0.717) is 60.6 Å². The van der Waals surface area contributed by atoms with Crippen molar-refractivity contribution >= 4 is 17.6 Å². The van der Waals surface area contributed by atoms with Crippen molar-refractivity contribution in [1.29, 1.82) is 0 Å². The lowest BCUT2D eigenvalue weighted by Gasteiger charge is -2.61. The Hall–Kier alpha value is -5.14. The van der Waals surface area contributed by atoms with Crippen molar-refractivity contribution in [3.63, 3.8) is 0 Å². The summed E-state index contributed by atoms with van der Waals surface area (Å²) in [5.41, 5.74) is -0.290. The summed E-state index contributed by atoms with van der Waals surface area (Å²) in [5.74, 6) is -1.35. The van der Waals surface area contributed by atoms with Crippen LogP contribution >= 0.6 is 0 Å². The van der Waals surface area contributed by atoms with Crippen LogP contribution < -0.4 is 10.1 Å². The number of carbonyl (C=O) groups excluding carboxylic acids is 2. The van der Waals surface area contributed by atoms with Gasteiger partial charge in [0.25, 0.3) is 5.79 Å². The highest BCUT2D eigenvalue weighted by atomic mass is 17.3. The first-order valence-corrected chi connectivity index (χ1v) is 17.6. The Balaban J connectivity index is 0.899. The number of unbranched alkanes of at least 4 members (excludes halogenated alkanes) is 1. The van der Waals surface area contributed by atoms with Crippen LogP contribution in [0.2, 0.25) is 0 Å². The summed E-state index contributed by atoms with van der Waals surface area (Å²) in [7, 11) is 0. The van der Waals surface area contributed by atoms with Gasteiger partial charge in [-0.15, -0.1) is 0 Å². The number of nitrogens with one attached hydrogen (secondary N) is 1. The minimum absolute atomic E-state index is 0.0284. The molecule has 12 heteroatoms. The van der Waals surface area contributed by atoms with E-state index in [4.69, 9.17) is 28.7 Å². The second-order valence-electron chi connectivity index (χ2n) is 15.4. The number of esters is 1. The average Bonchev–Trinajstić information content (AvgIpc) is 3.45. The quantitative estimate of drug-likeness (QED) is 0.0748. The molecule has 53 heavy (non-hydrogen) atoms. The van der Waals surface area contributed by atoms with Crippen molar-refractivity contribution in [1.82, 2.24) is 0 Å². The maximum atomic E-state index is 13.4. The summed E-state index contributed by atoms with van der Waals surface area (Å²) in [4.78, 5) is 38.2. The molecule has 4 aliphatic rings. The van der Waals surface area contributed by atoms with Gasteiger partial charge < -0.3 is 39.6 Å². The van der Waals surface area contributed by atoms with Gasteiger partial charge in [0, 0.05) is 63.9 Å². The molecule has 1 spiro atoms. The van der Waals surface area contributed by atoms with Crippen molar-refractivity contribution < 1.29 is 53.6 Å². The molecule has 4 N–H and O–H groups in total. The van der Waals surface area contributed by atoms with Gasteiger partial charge >= 0.3 is 5.97 Å². The van der Waals surface area contributed by atoms with Gasteiger partial charge in [-0.1, -0.05) is 45.9 Å². The van der Waals surface area contributed by atoms with Gasteiger partial charge in [-0.25, -0.2) is 9.68 Å². The predicted molar refractivity (Wildman–Crippen MR) is 190 cm³/mol. The van der Waals surface area contributed by atoms with Crippen LogP contribution in [0.3, 0.4) is 0 Å². The van der Waals surface area contributed by atoms with Crippen LogP contribution in [0, 0.1) is 10.8 Å². The minimum atomic E-state index is -1.38. The second kappa shape index (κ2) is 12.2. The summed E-state index contributed by atoms with van der Waals surface area (Å²) in [6.45, 7) is 9.41. The van der Waals surface area contributed by atoms with E-state index in [1.165, 1.54) is 24.3 Å². The zero-order valence-corrected chi connectivity index (χ0v) is 29.9. The zero-order valence-electron chi connectivity index (χ0n) is 29.9. The van der Waals surface area contributed by atoms with E-state index in [1.807, 2.05) is 6.07 Å².